The van der Waals surface area contributed by atoms with Crippen molar-refractivity contribution in [1.29, 1.82) is 0 Å². The van der Waals surface area contributed by atoms with Crippen molar-refractivity contribution in [2.24, 2.45) is 0 Å². The summed E-state index contributed by atoms with van der Waals surface area (Å²) in [5.74, 6) is 2.79. The number of nitrogens with zero attached hydrogens (tertiary/aromatic N) is 2. The molecule has 2 heterocycles. The summed E-state index contributed by atoms with van der Waals surface area (Å²) in [6.45, 7) is 0.351. The van der Waals surface area contributed by atoms with Gasteiger partial charge in [-0.1, -0.05) is 24.0 Å². The van der Waals surface area contributed by atoms with Gasteiger partial charge in [-0.2, -0.15) is 13.2 Å². The summed E-state index contributed by atoms with van der Waals surface area (Å²) in [5, 5.41) is 21.4. The fourth-order valence-corrected chi connectivity index (χ4v) is 2.85. The van der Waals surface area contributed by atoms with Crippen molar-refractivity contribution >= 4 is 11.9 Å². The van der Waals surface area contributed by atoms with Gasteiger partial charge in [0.2, 0.25) is 5.60 Å². The number of carbonyl (C=O) groups is 2. The molecule has 6 nitrogen and oxygen atoms in total. The van der Waals surface area contributed by atoms with Crippen LogP contribution in [-0.4, -0.2) is 46.1 Å². The molecule has 29 heavy (non-hydrogen) atoms. The molecule has 0 saturated carbocycles. The minimum absolute atomic E-state index is 0.138. The van der Waals surface area contributed by atoms with Crippen LogP contribution in [0.4, 0.5) is 13.2 Å². The third-order valence-corrected chi connectivity index (χ3v) is 4.44. The maximum Gasteiger partial charge on any atom is 0.416 e. The number of aromatic carboxylic acids is 1. The van der Waals surface area contributed by atoms with E-state index in [9.17, 15) is 33.0 Å². The lowest BCUT2D eigenvalue weighted by Crippen LogP contribution is -2.37. The number of hydrogen-bond acceptors (Lipinski definition) is 5. The van der Waals surface area contributed by atoms with Crippen LogP contribution in [-0.2, 0) is 11.0 Å². The van der Waals surface area contributed by atoms with Gasteiger partial charge >= 0.3 is 6.18 Å². The molecule has 2 aromatic rings. The SMILES string of the molecule is CN1CC[C@@](O)(C#Cc2cccc(-c3cc(C(F)(F)F)cc(C(=O)[O-])n3)c2)C1=O. The molecule has 1 aliphatic rings. The fraction of sp³-hybridized carbons (Fsp3) is 0.250. The normalized spacial score (nSPS) is 19.1. The van der Waals surface area contributed by atoms with Gasteiger partial charge in [-0.05, 0) is 24.3 Å². The fourth-order valence-electron chi connectivity index (χ4n) is 2.85. The van der Waals surface area contributed by atoms with Crippen LogP contribution in [0, 0.1) is 11.8 Å². The standard InChI is InChI=1S/C20H15F3N2O4/c1-25-8-7-19(29,18(25)28)6-5-12-3-2-4-13(9-12)15-10-14(20(21,22)23)11-16(24-15)17(26)27/h2-4,9-11,29H,7-8H2,1H3,(H,26,27)/p-1/t19-/m0/s1. The molecular weight excluding hydrogens is 389 g/mol. The smallest absolute Gasteiger partial charge is 0.416 e. The molecule has 0 spiro atoms. The Morgan fingerprint density at radius 1 is 1.31 bits per heavy atom. The first-order chi connectivity index (χ1) is 13.5. The van der Waals surface area contributed by atoms with Crippen molar-refractivity contribution in [3.8, 4) is 23.1 Å². The molecule has 150 valence electrons. The lowest BCUT2D eigenvalue weighted by atomic mass is 10.0. The summed E-state index contributed by atoms with van der Waals surface area (Å²) in [5.41, 5.74) is -3.56. The van der Waals surface area contributed by atoms with Crippen LogP contribution >= 0.6 is 0 Å². The van der Waals surface area contributed by atoms with Crippen LogP contribution in [0.25, 0.3) is 11.3 Å². The van der Waals surface area contributed by atoms with Crippen LogP contribution in [0.1, 0.15) is 28.0 Å². The average Bonchev–Trinajstić information content (AvgIpc) is 2.93. The molecule has 1 N–H and O–H groups in total. The largest absolute Gasteiger partial charge is 0.543 e. The summed E-state index contributed by atoms with van der Waals surface area (Å²) in [7, 11) is 1.54. The molecule has 0 radical (unpaired) electrons. The molecule has 1 amide bonds. The first-order valence-corrected chi connectivity index (χ1v) is 8.42. The van der Waals surface area contributed by atoms with Crippen LogP contribution in [0.5, 0.6) is 0 Å². The summed E-state index contributed by atoms with van der Waals surface area (Å²) < 4.78 is 39.2. The van der Waals surface area contributed by atoms with Gasteiger partial charge in [-0.25, -0.2) is 4.98 Å². The number of carboxylic acid groups (broad SMARTS) is 1. The highest BCUT2D eigenvalue weighted by atomic mass is 19.4. The Morgan fingerprint density at radius 2 is 2.03 bits per heavy atom. The Kier molecular flexibility index (Phi) is 5.07. The Hall–Kier alpha value is -3.38. The average molecular weight is 403 g/mol. The van der Waals surface area contributed by atoms with Crippen LogP contribution in [0.3, 0.4) is 0 Å². The third-order valence-electron chi connectivity index (χ3n) is 4.44. The second-order valence-electron chi connectivity index (χ2n) is 6.58. The summed E-state index contributed by atoms with van der Waals surface area (Å²) >= 11 is 0. The highest BCUT2D eigenvalue weighted by Crippen LogP contribution is 2.32. The first kappa shape index (κ1) is 20.4. The van der Waals surface area contributed by atoms with E-state index >= 15 is 0 Å². The molecule has 9 heteroatoms. The highest BCUT2D eigenvalue weighted by molar-refractivity contribution is 5.90. The van der Waals surface area contributed by atoms with E-state index in [-0.39, 0.29) is 17.7 Å². The van der Waals surface area contributed by atoms with E-state index in [1.54, 1.807) is 0 Å². The van der Waals surface area contributed by atoms with Crippen LogP contribution in [0.2, 0.25) is 0 Å². The van der Waals surface area contributed by atoms with Gasteiger partial charge < -0.3 is 19.9 Å². The van der Waals surface area contributed by atoms with E-state index in [1.165, 1.54) is 36.2 Å². The van der Waals surface area contributed by atoms with Crippen molar-refractivity contribution in [2.75, 3.05) is 13.6 Å². The number of pyridine rings is 1. The van der Waals surface area contributed by atoms with Crippen LogP contribution in [0.15, 0.2) is 36.4 Å². The third kappa shape index (κ3) is 4.22. The number of aliphatic hydroxyl groups is 1. The van der Waals surface area contributed by atoms with Gasteiger partial charge in [0.15, 0.2) is 0 Å². The topological polar surface area (TPSA) is 93.6 Å². The van der Waals surface area contributed by atoms with E-state index in [0.29, 0.717) is 18.2 Å². The monoisotopic (exact) mass is 403 g/mol. The van der Waals surface area contributed by atoms with Crippen LogP contribution < -0.4 is 5.11 Å². The Balaban J connectivity index is 2.01. The number of amides is 1. The molecule has 1 saturated heterocycles. The van der Waals surface area contributed by atoms with Gasteiger partial charge in [0.25, 0.3) is 5.91 Å². The van der Waals surface area contributed by atoms with Gasteiger partial charge in [0.1, 0.15) is 0 Å². The van der Waals surface area contributed by atoms with Gasteiger partial charge in [0, 0.05) is 31.1 Å². The number of hydrogen-bond donors (Lipinski definition) is 1. The van der Waals surface area contributed by atoms with E-state index in [1.807, 2.05) is 0 Å². The second-order valence-corrected chi connectivity index (χ2v) is 6.58. The summed E-state index contributed by atoms with van der Waals surface area (Å²) in [6.07, 6.45) is -4.63. The molecule has 3 rings (SSSR count). The number of likely N-dealkylation sites (tertiary alicyclic amines) is 1. The molecule has 1 atom stereocenters. The Labute approximate surface area is 163 Å². The summed E-state index contributed by atoms with van der Waals surface area (Å²) in [4.78, 5) is 28.1. The van der Waals surface area contributed by atoms with Crippen molar-refractivity contribution < 1.29 is 33.0 Å². The number of aromatic nitrogens is 1. The molecule has 0 unspecified atom stereocenters. The predicted octanol–water partition coefficient (Wildman–Crippen LogP) is 1.08. The predicted molar refractivity (Wildman–Crippen MR) is 93.1 cm³/mol. The zero-order valence-electron chi connectivity index (χ0n) is 15.1. The minimum Gasteiger partial charge on any atom is -0.543 e. The highest BCUT2D eigenvalue weighted by Gasteiger charge is 2.42. The maximum atomic E-state index is 13.1. The number of alkyl halides is 3. The number of rotatable bonds is 2. The quantitative estimate of drug-likeness (QED) is 0.758. The first-order valence-electron chi connectivity index (χ1n) is 8.42. The lowest BCUT2D eigenvalue weighted by molar-refractivity contribution is -0.255. The molecule has 0 aliphatic carbocycles. The molecule has 1 aromatic carbocycles. The summed E-state index contributed by atoms with van der Waals surface area (Å²) in [6, 6.07) is 6.99. The molecule has 1 aromatic heterocycles. The Morgan fingerprint density at radius 3 is 2.62 bits per heavy atom. The van der Waals surface area contributed by atoms with Crippen molar-refractivity contribution in [3.63, 3.8) is 0 Å². The molecule has 1 aliphatic heterocycles. The van der Waals surface area contributed by atoms with Gasteiger partial charge in [-0.3, -0.25) is 4.79 Å². The molecule has 0 bridgehead atoms. The number of carbonyl (C=O) groups excluding carboxylic acids is 2. The zero-order valence-corrected chi connectivity index (χ0v) is 15.1. The van der Waals surface area contributed by atoms with E-state index < -0.39 is 34.9 Å². The van der Waals surface area contributed by atoms with Gasteiger partial charge in [0.05, 0.1) is 22.9 Å². The van der Waals surface area contributed by atoms with Gasteiger partial charge in [-0.15, -0.1) is 0 Å². The maximum absolute atomic E-state index is 13.1. The number of halogens is 3. The van der Waals surface area contributed by atoms with E-state index in [4.69, 9.17) is 0 Å². The number of likely N-dealkylation sites (N-methyl/N-ethyl adjacent to an activating group) is 1. The second kappa shape index (κ2) is 7.22. The zero-order chi connectivity index (χ0) is 21.4. The number of carboxylic acids is 1. The Bertz CT molecular complexity index is 1060. The van der Waals surface area contributed by atoms with E-state index in [0.717, 1.165) is 6.07 Å². The number of benzene rings is 1. The van der Waals surface area contributed by atoms with E-state index in [2.05, 4.69) is 16.8 Å². The minimum atomic E-state index is -4.77. The molecular formula is C20H14F3N2O4-. The van der Waals surface area contributed by atoms with Crippen molar-refractivity contribution in [2.45, 2.75) is 18.2 Å². The van der Waals surface area contributed by atoms with Crippen molar-refractivity contribution in [3.05, 3.63) is 53.2 Å². The lowest BCUT2D eigenvalue weighted by Gasteiger charge is -2.13. The molecule has 1 fully saturated rings. The van der Waals surface area contributed by atoms with Crippen molar-refractivity contribution in [1.82, 2.24) is 9.88 Å².